The van der Waals surface area contributed by atoms with E-state index in [0.717, 1.165) is 6.42 Å². The van der Waals surface area contributed by atoms with E-state index >= 15 is 0 Å². The molecule has 0 aromatic heterocycles. The third kappa shape index (κ3) is 4.11. The van der Waals surface area contributed by atoms with Crippen LogP contribution in [0.15, 0.2) is 23.1 Å². The van der Waals surface area contributed by atoms with Gasteiger partial charge in [-0.25, -0.2) is 8.42 Å². The van der Waals surface area contributed by atoms with Gasteiger partial charge in [0.15, 0.2) is 0 Å². The molecule has 1 aromatic carbocycles. The van der Waals surface area contributed by atoms with E-state index in [1.165, 1.54) is 4.31 Å². The summed E-state index contributed by atoms with van der Waals surface area (Å²) in [5.41, 5.74) is 0.694. The zero-order valence-corrected chi connectivity index (χ0v) is 14.7. The predicted octanol–water partition coefficient (Wildman–Crippen LogP) is 3.63. The zero-order chi connectivity index (χ0) is 16.0. The molecule has 0 aliphatic carbocycles. The molecule has 1 unspecified atom stereocenters. The van der Waals surface area contributed by atoms with Crippen LogP contribution in [0.3, 0.4) is 0 Å². The van der Waals surface area contributed by atoms with Crippen LogP contribution >= 0.6 is 11.6 Å². The molecule has 1 aromatic rings. The Balaban J connectivity index is 3.25. The Morgan fingerprint density at radius 2 is 1.95 bits per heavy atom. The van der Waals surface area contributed by atoms with Gasteiger partial charge in [-0.05, 0) is 38.5 Å². The van der Waals surface area contributed by atoms with Crippen LogP contribution in [-0.4, -0.2) is 31.9 Å². The SMILES string of the molecule is CCOc1ccc(S(=O)(=O)N(CC)C(C)CC)cc1CCl. The third-order valence-electron chi connectivity index (χ3n) is 3.48. The first-order valence-electron chi connectivity index (χ1n) is 7.25. The fourth-order valence-electron chi connectivity index (χ4n) is 2.17. The summed E-state index contributed by atoms with van der Waals surface area (Å²) in [5, 5.41) is 0. The first kappa shape index (κ1) is 18.3. The van der Waals surface area contributed by atoms with Crippen LogP contribution in [0.2, 0.25) is 0 Å². The highest BCUT2D eigenvalue weighted by Gasteiger charge is 2.27. The maximum atomic E-state index is 12.7. The van der Waals surface area contributed by atoms with Crippen molar-refractivity contribution in [2.45, 2.75) is 50.9 Å². The standard InChI is InChI=1S/C15H24ClNO3S/c1-5-12(4)17(6-2)21(18,19)14-8-9-15(20-7-3)13(10-14)11-16/h8-10,12H,5-7,11H2,1-4H3. The van der Waals surface area contributed by atoms with Crippen LogP contribution in [0.4, 0.5) is 0 Å². The van der Waals surface area contributed by atoms with Gasteiger partial charge >= 0.3 is 0 Å². The molecule has 120 valence electrons. The van der Waals surface area contributed by atoms with Gasteiger partial charge in [-0.1, -0.05) is 13.8 Å². The predicted molar refractivity (Wildman–Crippen MR) is 86.5 cm³/mol. The lowest BCUT2D eigenvalue weighted by Crippen LogP contribution is -2.38. The van der Waals surface area contributed by atoms with E-state index in [-0.39, 0.29) is 16.8 Å². The molecule has 21 heavy (non-hydrogen) atoms. The number of sulfonamides is 1. The van der Waals surface area contributed by atoms with E-state index in [4.69, 9.17) is 16.3 Å². The van der Waals surface area contributed by atoms with Crippen LogP contribution in [0.25, 0.3) is 0 Å². The Morgan fingerprint density at radius 1 is 1.29 bits per heavy atom. The van der Waals surface area contributed by atoms with Gasteiger partial charge in [0.1, 0.15) is 5.75 Å². The van der Waals surface area contributed by atoms with Gasteiger partial charge in [0, 0.05) is 18.2 Å². The second-order valence-corrected chi connectivity index (χ2v) is 6.96. The van der Waals surface area contributed by atoms with Gasteiger partial charge in [-0.2, -0.15) is 4.31 Å². The molecule has 0 amide bonds. The number of hydrogen-bond donors (Lipinski definition) is 0. The van der Waals surface area contributed by atoms with Crippen LogP contribution in [0.1, 0.15) is 39.7 Å². The molecule has 0 radical (unpaired) electrons. The number of alkyl halides is 1. The van der Waals surface area contributed by atoms with Crippen molar-refractivity contribution in [1.29, 1.82) is 0 Å². The molecule has 0 N–H and O–H groups in total. The average molecular weight is 334 g/mol. The molecule has 0 saturated heterocycles. The quantitative estimate of drug-likeness (QED) is 0.682. The van der Waals surface area contributed by atoms with Gasteiger partial charge in [-0.3, -0.25) is 0 Å². The van der Waals surface area contributed by atoms with Crippen molar-refractivity contribution in [1.82, 2.24) is 4.31 Å². The van der Waals surface area contributed by atoms with Gasteiger partial charge in [0.05, 0.1) is 17.4 Å². The highest BCUT2D eigenvalue weighted by molar-refractivity contribution is 7.89. The topological polar surface area (TPSA) is 46.6 Å². The fraction of sp³-hybridized carbons (Fsp3) is 0.600. The van der Waals surface area contributed by atoms with E-state index in [1.54, 1.807) is 18.2 Å². The highest BCUT2D eigenvalue weighted by atomic mass is 35.5. The molecule has 4 nitrogen and oxygen atoms in total. The first-order chi connectivity index (χ1) is 9.92. The Hall–Kier alpha value is -0.780. The van der Waals surface area contributed by atoms with Crippen LogP contribution in [0, 0.1) is 0 Å². The maximum absolute atomic E-state index is 12.7. The molecule has 0 fully saturated rings. The third-order valence-corrected chi connectivity index (χ3v) is 5.85. The van der Waals surface area contributed by atoms with Crippen LogP contribution in [0.5, 0.6) is 5.75 Å². The minimum Gasteiger partial charge on any atom is -0.494 e. The first-order valence-corrected chi connectivity index (χ1v) is 9.23. The summed E-state index contributed by atoms with van der Waals surface area (Å²) in [6, 6.07) is 4.84. The second kappa shape index (κ2) is 8.01. The molecule has 0 spiro atoms. The van der Waals surface area contributed by atoms with E-state index in [0.29, 0.717) is 24.5 Å². The van der Waals surface area contributed by atoms with Gasteiger partial charge in [0.25, 0.3) is 0 Å². The van der Waals surface area contributed by atoms with Crippen LogP contribution in [-0.2, 0) is 15.9 Å². The fourth-order valence-corrected chi connectivity index (χ4v) is 4.15. The second-order valence-electron chi connectivity index (χ2n) is 4.80. The zero-order valence-electron chi connectivity index (χ0n) is 13.1. The minimum atomic E-state index is -3.51. The van der Waals surface area contributed by atoms with Gasteiger partial charge in [0.2, 0.25) is 10.0 Å². The highest BCUT2D eigenvalue weighted by Crippen LogP contribution is 2.27. The summed E-state index contributed by atoms with van der Waals surface area (Å²) in [5.74, 6) is 0.853. The maximum Gasteiger partial charge on any atom is 0.243 e. The van der Waals surface area contributed by atoms with Crippen molar-refractivity contribution in [2.75, 3.05) is 13.2 Å². The average Bonchev–Trinajstić information content (AvgIpc) is 2.47. The molecule has 6 heteroatoms. The molecule has 1 atom stereocenters. The Kier molecular flexibility index (Phi) is 6.97. The summed E-state index contributed by atoms with van der Waals surface area (Å²) in [6.45, 7) is 8.58. The Bertz CT molecular complexity index is 560. The largest absolute Gasteiger partial charge is 0.494 e. The molecular weight excluding hydrogens is 310 g/mol. The normalized spacial score (nSPS) is 13.4. The van der Waals surface area contributed by atoms with E-state index < -0.39 is 10.0 Å². The molecule has 1 rings (SSSR count). The smallest absolute Gasteiger partial charge is 0.243 e. The monoisotopic (exact) mass is 333 g/mol. The van der Waals surface area contributed by atoms with Crippen molar-refractivity contribution in [3.05, 3.63) is 23.8 Å². The lowest BCUT2D eigenvalue weighted by molar-refractivity contribution is 0.336. The van der Waals surface area contributed by atoms with Gasteiger partial charge in [-0.15, -0.1) is 11.6 Å². The lowest BCUT2D eigenvalue weighted by Gasteiger charge is -2.26. The lowest BCUT2D eigenvalue weighted by atomic mass is 10.2. The number of rotatable bonds is 8. The molecular formula is C15H24ClNO3S. The van der Waals surface area contributed by atoms with Crippen molar-refractivity contribution >= 4 is 21.6 Å². The van der Waals surface area contributed by atoms with E-state index in [9.17, 15) is 8.42 Å². The summed E-state index contributed by atoms with van der Waals surface area (Å²) in [4.78, 5) is 0.267. The molecule has 0 bridgehead atoms. The summed E-state index contributed by atoms with van der Waals surface area (Å²) >= 11 is 5.90. The van der Waals surface area contributed by atoms with Crippen molar-refractivity contribution in [3.8, 4) is 5.75 Å². The number of halogens is 1. The number of nitrogens with zero attached hydrogens (tertiary/aromatic N) is 1. The van der Waals surface area contributed by atoms with Crippen molar-refractivity contribution < 1.29 is 13.2 Å². The van der Waals surface area contributed by atoms with Crippen LogP contribution < -0.4 is 4.74 Å². The van der Waals surface area contributed by atoms with Crippen molar-refractivity contribution in [3.63, 3.8) is 0 Å². The number of hydrogen-bond acceptors (Lipinski definition) is 3. The Morgan fingerprint density at radius 3 is 2.43 bits per heavy atom. The molecule has 0 aliphatic heterocycles. The summed E-state index contributed by atoms with van der Waals surface area (Å²) < 4.78 is 32.5. The summed E-state index contributed by atoms with van der Waals surface area (Å²) in [7, 11) is -3.51. The molecule has 0 heterocycles. The molecule has 0 aliphatic rings. The van der Waals surface area contributed by atoms with E-state index in [2.05, 4.69) is 0 Å². The van der Waals surface area contributed by atoms with E-state index in [1.807, 2.05) is 27.7 Å². The van der Waals surface area contributed by atoms with Crippen molar-refractivity contribution in [2.24, 2.45) is 0 Å². The summed E-state index contributed by atoms with van der Waals surface area (Å²) in [6.07, 6.45) is 0.770. The Labute approximate surface area is 133 Å². The number of benzene rings is 1. The number of ether oxygens (including phenoxy) is 1. The minimum absolute atomic E-state index is 0.0361. The van der Waals surface area contributed by atoms with Gasteiger partial charge < -0.3 is 4.74 Å². The molecule has 0 saturated carbocycles.